The molecule has 0 fully saturated rings. The van der Waals surface area contributed by atoms with Crippen molar-refractivity contribution in [2.45, 2.75) is 45.9 Å². The lowest BCUT2D eigenvalue weighted by atomic mass is 10.0. The fourth-order valence-corrected chi connectivity index (χ4v) is 3.28. The van der Waals surface area contributed by atoms with Crippen molar-refractivity contribution in [1.29, 1.82) is 0 Å². The van der Waals surface area contributed by atoms with E-state index in [2.05, 4.69) is 5.32 Å². The lowest BCUT2D eigenvalue weighted by Crippen LogP contribution is -2.48. The van der Waals surface area contributed by atoms with Gasteiger partial charge in [-0.2, -0.15) is 0 Å². The second kappa shape index (κ2) is 8.94. The number of amides is 3. The van der Waals surface area contributed by atoms with Crippen molar-refractivity contribution in [2.24, 2.45) is 5.92 Å². The lowest BCUT2D eigenvalue weighted by molar-refractivity contribution is -0.159. The molecule has 0 radical (unpaired) electrons. The summed E-state index contributed by atoms with van der Waals surface area (Å²) in [4.78, 5) is 51.7. The molecule has 2 aromatic rings. The van der Waals surface area contributed by atoms with Crippen LogP contribution in [0, 0.1) is 5.92 Å². The Morgan fingerprint density at radius 3 is 2.20 bits per heavy atom. The molecule has 8 nitrogen and oxygen atoms in total. The Morgan fingerprint density at radius 1 is 1.03 bits per heavy atom. The maximum atomic E-state index is 12.9. The van der Waals surface area contributed by atoms with E-state index in [4.69, 9.17) is 9.15 Å². The van der Waals surface area contributed by atoms with Crippen LogP contribution in [0.4, 0.5) is 0 Å². The van der Waals surface area contributed by atoms with Crippen LogP contribution in [0.15, 0.2) is 47.1 Å². The fraction of sp³-hybridized carbons (Fsp3) is 0.364. The highest BCUT2D eigenvalue weighted by Crippen LogP contribution is 2.27. The molecule has 0 spiro atoms. The number of carbonyl (C=O) groups is 4. The molecule has 30 heavy (non-hydrogen) atoms. The monoisotopic (exact) mass is 412 g/mol. The number of hydrogen-bond acceptors (Lipinski definition) is 6. The first-order chi connectivity index (χ1) is 14.3. The van der Waals surface area contributed by atoms with E-state index in [1.165, 1.54) is 13.2 Å². The van der Waals surface area contributed by atoms with Crippen LogP contribution in [0.3, 0.4) is 0 Å². The van der Waals surface area contributed by atoms with Crippen molar-refractivity contribution >= 4 is 23.7 Å². The summed E-state index contributed by atoms with van der Waals surface area (Å²) >= 11 is 0. The fourth-order valence-electron chi connectivity index (χ4n) is 3.28. The van der Waals surface area contributed by atoms with Crippen molar-refractivity contribution in [1.82, 2.24) is 10.2 Å². The molecule has 0 bridgehead atoms. The molecular weight excluding hydrogens is 388 g/mol. The molecule has 1 aromatic heterocycles. The summed E-state index contributed by atoms with van der Waals surface area (Å²) in [5.41, 5.74) is 0.515. The van der Waals surface area contributed by atoms with Gasteiger partial charge in [0.25, 0.3) is 17.7 Å². The molecule has 2 heterocycles. The van der Waals surface area contributed by atoms with Crippen LogP contribution in [0.1, 0.15) is 53.7 Å². The average Bonchev–Trinajstić information content (AvgIpc) is 3.32. The second-order valence-electron chi connectivity index (χ2n) is 7.55. The van der Waals surface area contributed by atoms with Gasteiger partial charge in [0.05, 0.1) is 23.9 Å². The van der Waals surface area contributed by atoms with Gasteiger partial charge in [-0.25, -0.2) is 4.79 Å². The molecular formula is C22H24N2O6. The zero-order valence-corrected chi connectivity index (χ0v) is 17.1. The summed E-state index contributed by atoms with van der Waals surface area (Å²) in [7, 11) is 0. The first kappa shape index (κ1) is 21.3. The minimum Gasteiger partial charge on any atom is -0.467 e. The van der Waals surface area contributed by atoms with Crippen LogP contribution in [0.25, 0.3) is 0 Å². The quantitative estimate of drug-likeness (QED) is 0.528. The molecule has 158 valence electrons. The van der Waals surface area contributed by atoms with Crippen LogP contribution >= 0.6 is 0 Å². The number of nitrogens with zero attached hydrogens (tertiary/aromatic N) is 1. The number of benzene rings is 1. The molecule has 8 heteroatoms. The van der Waals surface area contributed by atoms with Crippen molar-refractivity contribution < 1.29 is 28.3 Å². The molecule has 2 atom stereocenters. The molecule has 1 N–H and O–H groups in total. The van der Waals surface area contributed by atoms with Crippen LogP contribution < -0.4 is 5.32 Å². The third-order valence-corrected chi connectivity index (χ3v) is 4.78. The Balaban J connectivity index is 1.71. The van der Waals surface area contributed by atoms with Crippen LogP contribution in [0.5, 0.6) is 0 Å². The van der Waals surface area contributed by atoms with Crippen molar-refractivity contribution in [3.05, 3.63) is 59.5 Å². The van der Waals surface area contributed by atoms with Gasteiger partial charge in [-0.05, 0) is 43.5 Å². The predicted molar refractivity (Wildman–Crippen MR) is 106 cm³/mol. The van der Waals surface area contributed by atoms with Crippen molar-refractivity contribution in [2.75, 3.05) is 0 Å². The maximum Gasteiger partial charge on any atom is 0.330 e. The van der Waals surface area contributed by atoms with Gasteiger partial charge in [0.15, 0.2) is 6.10 Å². The number of rotatable bonds is 8. The number of carbonyl (C=O) groups excluding carboxylic acids is 4. The summed E-state index contributed by atoms with van der Waals surface area (Å²) in [6, 6.07) is 8.72. The molecule has 1 aliphatic rings. The molecule has 1 aliphatic heterocycles. The predicted octanol–water partition coefficient (Wildman–Crippen LogP) is 2.54. The van der Waals surface area contributed by atoms with Gasteiger partial charge in [-0.15, -0.1) is 0 Å². The summed E-state index contributed by atoms with van der Waals surface area (Å²) in [5, 5.41) is 2.61. The second-order valence-corrected chi connectivity index (χ2v) is 7.55. The highest BCUT2D eigenvalue weighted by molar-refractivity contribution is 6.22. The van der Waals surface area contributed by atoms with Gasteiger partial charge >= 0.3 is 5.97 Å². The van der Waals surface area contributed by atoms with Crippen LogP contribution in [0.2, 0.25) is 0 Å². The van der Waals surface area contributed by atoms with E-state index >= 15 is 0 Å². The number of nitrogens with one attached hydrogen (secondary N) is 1. The normalized spacial score (nSPS) is 15.1. The molecule has 0 unspecified atom stereocenters. The zero-order chi connectivity index (χ0) is 21.8. The van der Waals surface area contributed by atoms with E-state index in [-0.39, 0.29) is 30.0 Å². The van der Waals surface area contributed by atoms with Gasteiger partial charge in [-0.1, -0.05) is 26.0 Å². The molecule has 3 amide bonds. The van der Waals surface area contributed by atoms with Gasteiger partial charge in [0, 0.05) is 0 Å². The topological polar surface area (TPSA) is 106 Å². The summed E-state index contributed by atoms with van der Waals surface area (Å²) < 4.78 is 10.5. The highest BCUT2D eigenvalue weighted by atomic mass is 16.5. The summed E-state index contributed by atoms with van der Waals surface area (Å²) in [5.74, 6) is -1.80. The van der Waals surface area contributed by atoms with E-state index in [0.717, 1.165) is 4.90 Å². The molecule has 0 aliphatic carbocycles. The van der Waals surface area contributed by atoms with Gasteiger partial charge < -0.3 is 14.5 Å². The van der Waals surface area contributed by atoms with Crippen LogP contribution in [-0.2, 0) is 20.9 Å². The summed E-state index contributed by atoms with van der Waals surface area (Å²) in [6.45, 7) is 5.33. The molecule has 3 rings (SSSR count). The first-order valence-corrected chi connectivity index (χ1v) is 9.77. The molecule has 1 aromatic carbocycles. The standard InChI is InChI=1S/C22H24N2O6/c1-13(2)11-18(24-20(26)16-8-4-5-9-17(16)21(24)27)22(28)30-14(3)19(25)23-12-15-7-6-10-29-15/h4-10,13-14,18H,11-12H2,1-3H3,(H,23,25)/t14-,18+/m1/s1. The lowest BCUT2D eigenvalue weighted by Gasteiger charge is -2.27. The smallest absolute Gasteiger partial charge is 0.330 e. The van der Waals surface area contributed by atoms with Crippen molar-refractivity contribution in [3.63, 3.8) is 0 Å². The molecule has 0 saturated carbocycles. The minimum atomic E-state index is -1.11. The zero-order valence-electron chi connectivity index (χ0n) is 17.1. The first-order valence-electron chi connectivity index (χ1n) is 9.77. The number of fused-ring (bicyclic) bond motifs is 1. The van der Waals surface area contributed by atoms with Crippen LogP contribution in [-0.4, -0.2) is 40.7 Å². The van der Waals surface area contributed by atoms with Gasteiger partial charge in [-0.3, -0.25) is 19.3 Å². The van der Waals surface area contributed by atoms with Gasteiger partial charge in [0.2, 0.25) is 0 Å². The van der Waals surface area contributed by atoms with E-state index in [1.807, 2.05) is 13.8 Å². The van der Waals surface area contributed by atoms with E-state index in [1.54, 1.807) is 36.4 Å². The number of hydrogen-bond donors (Lipinski definition) is 1. The Morgan fingerprint density at radius 2 is 1.67 bits per heavy atom. The number of furan rings is 1. The largest absolute Gasteiger partial charge is 0.467 e. The highest BCUT2D eigenvalue weighted by Gasteiger charge is 2.44. The van der Waals surface area contributed by atoms with E-state index < -0.39 is 35.8 Å². The van der Waals surface area contributed by atoms with E-state index in [9.17, 15) is 19.2 Å². The van der Waals surface area contributed by atoms with Gasteiger partial charge in [0.1, 0.15) is 11.8 Å². The number of esters is 1. The number of imide groups is 1. The molecule has 0 saturated heterocycles. The third kappa shape index (κ3) is 4.42. The SMILES string of the molecule is CC(C)C[C@@H](C(=O)O[C@H](C)C(=O)NCc1ccco1)N1C(=O)c2ccccc2C1=O. The average molecular weight is 412 g/mol. The number of ether oxygens (including phenoxy) is 1. The Labute approximate surface area is 174 Å². The summed E-state index contributed by atoms with van der Waals surface area (Å²) in [6.07, 6.45) is 0.617. The van der Waals surface area contributed by atoms with E-state index in [0.29, 0.717) is 5.76 Å². The Bertz CT molecular complexity index is 915. The van der Waals surface area contributed by atoms with Crippen molar-refractivity contribution in [3.8, 4) is 0 Å². The maximum absolute atomic E-state index is 12.9. The Kier molecular flexibility index (Phi) is 6.34. The minimum absolute atomic E-state index is 0.00921. The third-order valence-electron chi connectivity index (χ3n) is 4.78. The Hall–Kier alpha value is -3.42.